The van der Waals surface area contributed by atoms with Crippen LogP contribution in [0.5, 0.6) is 0 Å². The molecule has 0 unspecified atom stereocenters. The Kier molecular flexibility index (Phi) is 4.70. The molecule has 3 heteroatoms. The predicted molar refractivity (Wildman–Crippen MR) is 84.8 cm³/mol. The quantitative estimate of drug-likeness (QED) is 0.401. The number of nitrogens with zero attached hydrogens (tertiary/aromatic N) is 1. The summed E-state index contributed by atoms with van der Waals surface area (Å²) in [6.07, 6.45) is 1.71. The number of hydrogen-bond donors (Lipinski definition) is 1. The van der Waals surface area contributed by atoms with Crippen LogP contribution < -0.4 is 5.84 Å². The van der Waals surface area contributed by atoms with Crippen LogP contribution >= 0.6 is 11.3 Å². The zero-order chi connectivity index (χ0) is 13.5. The van der Waals surface area contributed by atoms with Crippen molar-refractivity contribution in [2.45, 2.75) is 6.92 Å². The lowest BCUT2D eigenvalue weighted by molar-refractivity contribution is 1.26. The number of hydrogen-bond acceptors (Lipinski definition) is 3. The molecule has 1 aromatic heterocycles. The van der Waals surface area contributed by atoms with Crippen LogP contribution in [0.2, 0.25) is 0 Å². The second-order valence-corrected chi connectivity index (χ2v) is 5.10. The minimum absolute atomic E-state index is 1.14. The molecule has 0 saturated heterocycles. The third-order valence-corrected chi connectivity index (χ3v) is 3.95. The van der Waals surface area contributed by atoms with E-state index in [0.29, 0.717) is 0 Å². The molecule has 0 amide bonds. The average molecular weight is 268 g/mol. The Morgan fingerprint density at radius 2 is 1.53 bits per heavy atom. The van der Waals surface area contributed by atoms with E-state index in [0.717, 1.165) is 4.88 Å². The van der Waals surface area contributed by atoms with Crippen LogP contribution in [0.15, 0.2) is 65.8 Å². The van der Waals surface area contributed by atoms with Gasteiger partial charge in [-0.1, -0.05) is 54.6 Å². The summed E-state index contributed by atoms with van der Waals surface area (Å²) in [5.41, 5.74) is 1.26. The normalized spacial score (nSPS) is 10.4. The highest BCUT2D eigenvalue weighted by Gasteiger charge is 2.04. The minimum atomic E-state index is 1.14. The monoisotopic (exact) mass is 268 g/mol. The van der Waals surface area contributed by atoms with E-state index in [-0.39, 0.29) is 0 Å². The molecule has 2 nitrogen and oxygen atoms in total. The molecule has 0 aliphatic heterocycles. The summed E-state index contributed by atoms with van der Waals surface area (Å²) in [6, 6.07) is 20.3. The van der Waals surface area contributed by atoms with Gasteiger partial charge >= 0.3 is 0 Å². The molecule has 0 aliphatic carbocycles. The summed E-state index contributed by atoms with van der Waals surface area (Å²) >= 11 is 1.72. The molecule has 96 valence electrons. The maximum absolute atomic E-state index is 5.13. The van der Waals surface area contributed by atoms with Crippen molar-refractivity contribution in [3.63, 3.8) is 0 Å². The fourth-order valence-corrected chi connectivity index (χ4v) is 2.86. The van der Waals surface area contributed by atoms with Crippen molar-refractivity contribution >= 4 is 27.6 Å². The fourth-order valence-electron chi connectivity index (χ4n) is 1.77. The Hall–Kier alpha value is -2.13. The SMILES string of the molecule is Cc1c(C=NN)sc2ccccc12.c1ccccc1. The molecular weight excluding hydrogens is 252 g/mol. The lowest BCUT2D eigenvalue weighted by Crippen LogP contribution is -1.84. The average Bonchev–Trinajstić information content (AvgIpc) is 2.79. The lowest BCUT2D eigenvalue weighted by Gasteiger charge is -1.89. The molecule has 0 bridgehead atoms. The lowest BCUT2D eigenvalue weighted by atomic mass is 10.1. The number of rotatable bonds is 1. The van der Waals surface area contributed by atoms with Crippen LogP contribution in [0.1, 0.15) is 10.4 Å². The van der Waals surface area contributed by atoms with E-state index in [2.05, 4.69) is 24.2 Å². The maximum atomic E-state index is 5.13. The number of hydrazone groups is 1. The van der Waals surface area contributed by atoms with Gasteiger partial charge in [0.1, 0.15) is 0 Å². The van der Waals surface area contributed by atoms with Gasteiger partial charge < -0.3 is 5.84 Å². The van der Waals surface area contributed by atoms with E-state index >= 15 is 0 Å². The summed E-state index contributed by atoms with van der Waals surface area (Å²) in [6.45, 7) is 2.09. The van der Waals surface area contributed by atoms with E-state index in [9.17, 15) is 0 Å². The number of aryl methyl sites for hydroxylation is 1. The Morgan fingerprint density at radius 1 is 0.947 bits per heavy atom. The highest BCUT2D eigenvalue weighted by atomic mass is 32.1. The van der Waals surface area contributed by atoms with E-state index < -0.39 is 0 Å². The minimum Gasteiger partial charge on any atom is -0.323 e. The van der Waals surface area contributed by atoms with Crippen molar-refractivity contribution in [1.82, 2.24) is 0 Å². The molecule has 3 rings (SSSR count). The largest absolute Gasteiger partial charge is 0.323 e. The van der Waals surface area contributed by atoms with Gasteiger partial charge in [-0.25, -0.2) is 0 Å². The number of nitrogens with two attached hydrogens (primary N) is 1. The maximum Gasteiger partial charge on any atom is 0.0641 e. The predicted octanol–water partition coefficient (Wildman–Crippen LogP) is 4.19. The zero-order valence-corrected chi connectivity index (χ0v) is 11.6. The van der Waals surface area contributed by atoms with Gasteiger partial charge in [0.05, 0.1) is 11.1 Å². The number of thiophene rings is 1. The van der Waals surface area contributed by atoms with Gasteiger partial charge in [-0.2, -0.15) is 5.10 Å². The van der Waals surface area contributed by atoms with Crippen LogP contribution in [-0.2, 0) is 0 Å². The summed E-state index contributed by atoms with van der Waals surface area (Å²) < 4.78 is 1.29. The van der Waals surface area contributed by atoms with Gasteiger partial charge in [-0.3, -0.25) is 0 Å². The third-order valence-electron chi connectivity index (χ3n) is 2.74. The molecule has 19 heavy (non-hydrogen) atoms. The van der Waals surface area contributed by atoms with Gasteiger partial charge in [-0.05, 0) is 23.9 Å². The summed E-state index contributed by atoms with van der Waals surface area (Å²) in [7, 11) is 0. The summed E-state index contributed by atoms with van der Waals surface area (Å²) in [5.74, 6) is 5.13. The molecule has 0 saturated carbocycles. The summed E-state index contributed by atoms with van der Waals surface area (Å²) in [4.78, 5) is 1.14. The van der Waals surface area contributed by atoms with E-state index in [1.54, 1.807) is 17.6 Å². The molecular formula is C16H16N2S. The van der Waals surface area contributed by atoms with Crippen LogP contribution in [0.4, 0.5) is 0 Å². The fraction of sp³-hybridized carbons (Fsp3) is 0.0625. The topological polar surface area (TPSA) is 38.4 Å². The van der Waals surface area contributed by atoms with Gasteiger partial charge in [0.2, 0.25) is 0 Å². The second-order valence-electron chi connectivity index (χ2n) is 4.02. The van der Waals surface area contributed by atoms with Gasteiger partial charge in [0.15, 0.2) is 0 Å². The molecule has 2 N–H and O–H groups in total. The Labute approximate surface area is 117 Å². The van der Waals surface area contributed by atoms with Crippen molar-refractivity contribution in [1.29, 1.82) is 0 Å². The molecule has 2 aromatic carbocycles. The van der Waals surface area contributed by atoms with E-state index in [4.69, 9.17) is 5.84 Å². The highest BCUT2D eigenvalue weighted by Crippen LogP contribution is 2.28. The Morgan fingerprint density at radius 3 is 2.05 bits per heavy atom. The number of benzene rings is 2. The second kappa shape index (κ2) is 6.71. The van der Waals surface area contributed by atoms with Gasteiger partial charge in [-0.15, -0.1) is 11.3 Å². The first-order valence-electron chi connectivity index (χ1n) is 6.04. The molecule has 1 heterocycles. The standard InChI is InChI=1S/C10H10N2S.C6H6/c1-7-8-4-2-3-5-9(8)13-10(7)6-12-11;1-2-4-6-5-3-1/h2-6H,11H2,1H3;1-6H. The van der Waals surface area contributed by atoms with Crippen LogP contribution in [-0.4, -0.2) is 6.21 Å². The first-order chi connectivity index (χ1) is 9.33. The van der Waals surface area contributed by atoms with Gasteiger partial charge in [0.25, 0.3) is 0 Å². The van der Waals surface area contributed by atoms with Crippen molar-refractivity contribution in [3.05, 3.63) is 71.1 Å². The first kappa shape index (κ1) is 13.3. The third kappa shape index (κ3) is 3.42. The molecule has 0 fully saturated rings. The van der Waals surface area contributed by atoms with Crippen molar-refractivity contribution in [2.75, 3.05) is 0 Å². The van der Waals surface area contributed by atoms with E-state index in [1.807, 2.05) is 48.5 Å². The Bertz CT molecular complexity index is 630. The molecule has 0 atom stereocenters. The van der Waals surface area contributed by atoms with Gasteiger partial charge in [0, 0.05) is 4.70 Å². The highest BCUT2D eigenvalue weighted by molar-refractivity contribution is 7.20. The van der Waals surface area contributed by atoms with Crippen LogP contribution in [0.3, 0.4) is 0 Å². The van der Waals surface area contributed by atoms with Crippen molar-refractivity contribution < 1.29 is 0 Å². The molecule has 3 aromatic rings. The van der Waals surface area contributed by atoms with Crippen LogP contribution in [0.25, 0.3) is 10.1 Å². The van der Waals surface area contributed by atoms with Crippen molar-refractivity contribution in [2.24, 2.45) is 10.9 Å². The smallest absolute Gasteiger partial charge is 0.0641 e. The zero-order valence-electron chi connectivity index (χ0n) is 10.8. The Balaban J connectivity index is 0.000000186. The van der Waals surface area contributed by atoms with Crippen molar-refractivity contribution in [3.8, 4) is 0 Å². The molecule has 0 spiro atoms. The van der Waals surface area contributed by atoms with E-state index in [1.165, 1.54) is 15.6 Å². The number of fused-ring (bicyclic) bond motifs is 1. The molecule has 0 aliphatic rings. The molecule has 0 radical (unpaired) electrons. The van der Waals surface area contributed by atoms with Crippen LogP contribution in [0, 0.1) is 6.92 Å². The first-order valence-corrected chi connectivity index (χ1v) is 6.86. The summed E-state index contributed by atoms with van der Waals surface area (Å²) in [5, 5.41) is 4.84.